The number of halogens is 2. The van der Waals surface area contributed by atoms with Gasteiger partial charge in [0.2, 0.25) is 11.1 Å². The van der Waals surface area contributed by atoms with Crippen LogP contribution in [0.4, 0.5) is 0 Å². The fourth-order valence-electron chi connectivity index (χ4n) is 2.19. The van der Waals surface area contributed by atoms with Gasteiger partial charge in [-0.05, 0) is 24.9 Å². The topological polar surface area (TPSA) is 107 Å². The quantitative estimate of drug-likeness (QED) is 0.806. The number of aromatic carboxylic acids is 1. The molecule has 0 bridgehead atoms. The van der Waals surface area contributed by atoms with Crippen LogP contribution < -0.4 is 5.73 Å². The molecule has 2 aromatic rings. The molecule has 22 heavy (non-hydrogen) atoms. The zero-order valence-electron chi connectivity index (χ0n) is 12.0. The number of hydrogen-bond acceptors (Lipinski definition) is 5. The molecule has 0 spiro atoms. The van der Waals surface area contributed by atoms with E-state index in [0.717, 1.165) is 0 Å². The molecule has 118 valence electrons. The number of carboxylic acids is 1. The van der Waals surface area contributed by atoms with Gasteiger partial charge in [-0.15, -0.1) is 0 Å². The minimum absolute atomic E-state index is 0.0140. The van der Waals surface area contributed by atoms with E-state index in [1.54, 1.807) is 11.5 Å². The smallest absolute Gasteiger partial charge is 0.372 e. The Kier molecular flexibility index (Phi) is 5.00. The molecule has 0 aliphatic heterocycles. The Morgan fingerprint density at radius 1 is 1.41 bits per heavy atom. The van der Waals surface area contributed by atoms with Gasteiger partial charge in [-0.1, -0.05) is 18.5 Å². The first kappa shape index (κ1) is 16.7. The van der Waals surface area contributed by atoms with Gasteiger partial charge >= 0.3 is 5.97 Å². The maximum atomic E-state index is 11.5. The fraction of sp³-hybridized carbons (Fsp3) is 0.385. The lowest BCUT2D eigenvalue weighted by molar-refractivity contribution is 0.0677. The van der Waals surface area contributed by atoms with E-state index in [9.17, 15) is 9.90 Å². The SMILES string of the molecule is CCc1c(-c2nc(Cl)ncc2Cl)nc(C(=O)O)n1CC(C)N. The molecule has 2 heterocycles. The van der Waals surface area contributed by atoms with Crippen molar-refractivity contribution in [1.29, 1.82) is 0 Å². The average Bonchev–Trinajstić information content (AvgIpc) is 2.79. The van der Waals surface area contributed by atoms with Crippen molar-refractivity contribution in [2.45, 2.75) is 32.9 Å². The molecule has 1 atom stereocenters. The Balaban J connectivity index is 2.70. The van der Waals surface area contributed by atoms with Crippen molar-refractivity contribution in [2.75, 3.05) is 0 Å². The van der Waals surface area contributed by atoms with Gasteiger partial charge in [-0.3, -0.25) is 0 Å². The molecule has 2 aromatic heterocycles. The normalized spacial score (nSPS) is 12.4. The maximum absolute atomic E-state index is 11.5. The molecule has 7 nitrogen and oxygen atoms in total. The molecule has 0 aromatic carbocycles. The zero-order valence-corrected chi connectivity index (χ0v) is 13.6. The second-order valence-corrected chi connectivity index (χ2v) is 5.56. The maximum Gasteiger partial charge on any atom is 0.372 e. The summed E-state index contributed by atoms with van der Waals surface area (Å²) < 4.78 is 1.58. The van der Waals surface area contributed by atoms with Crippen molar-refractivity contribution in [3.05, 3.63) is 28.0 Å². The van der Waals surface area contributed by atoms with Crippen LogP contribution in [0.1, 0.15) is 30.2 Å². The summed E-state index contributed by atoms with van der Waals surface area (Å²) in [4.78, 5) is 23.5. The van der Waals surface area contributed by atoms with Gasteiger partial charge in [0.25, 0.3) is 0 Å². The van der Waals surface area contributed by atoms with Crippen LogP contribution in [0.2, 0.25) is 10.3 Å². The first-order valence-electron chi connectivity index (χ1n) is 6.61. The Morgan fingerprint density at radius 3 is 2.64 bits per heavy atom. The highest BCUT2D eigenvalue weighted by molar-refractivity contribution is 6.33. The van der Waals surface area contributed by atoms with Gasteiger partial charge in [-0.2, -0.15) is 0 Å². The monoisotopic (exact) mass is 343 g/mol. The predicted molar refractivity (Wildman–Crippen MR) is 83.3 cm³/mol. The van der Waals surface area contributed by atoms with Crippen LogP contribution in [-0.4, -0.2) is 36.6 Å². The molecule has 0 saturated heterocycles. The second kappa shape index (κ2) is 6.60. The van der Waals surface area contributed by atoms with Gasteiger partial charge in [0.1, 0.15) is 11.4 Å². The van der Waals surface area contributed by atoms with Gasteiger partial charge in [0.15, 0.2) is 0 Å². The lowest BCUT2D eigenvalue weighted by Gasteiger charge is -2.12. The van der Waals surface area contributed by atoms with Crippen molar-refractivity contribution in [3.63, 3.8) is 0 Å². The fourth-order valence-corrected chi connectivity index (χ4v) is 2.51. The van der Waals surface area contributed by atoms with Crippen LogP contribution in [0, 0.1) is 0 Å². The van der Waals surface area contributed by atoms with Crippen molar-refractivity contribution in [2.24, 2.45) is 5.73 Å². The predicted octanol–water partition coefficient (Wildman–Crippen LogP) is 2.25. The molecule has 0 aliphatic rings. The van der Waals surface area contributed by atoms with Gasteiger partial charge in [0.05, 0.1) is 11.2 Å². The van der Waals surface area contributed by atoms with Crippen LogP contribution in [0.15, 0.2) is 6.20 Å². The Hall–Kier alpha value is -1.70. The molecule has 0 saturated carbocycles. The minimum atomic E-state index is -1.14. The van der Waals surface area contributed by atoms with E-state index < -0.39 is 5.97 Å². The summed E-state index contributed by atoms with van der Waals surface area (Å²) in [5.41, 5.74) is 7.18. The highest BCUT2D eigenvalue weighted by atomic mass is 35.5. The van der Waals surface area contributed by atoms with Crippen LogP contribution in [-0.2, 0) is 13.0 Å². The van der Waals surface area contributed by atoms with Crippen LogP contribution in [0.5, 0.6) is 0 Å². The molecular formula is C13H15Cl2N5O2. The Morgan fingerprint density at radius 2 is 2.09 bits per heavy atom. The second-order valence-electron chi connectivity index (χ2n) is 4.81. The van der Waals surface area contributed by atoms with E-state index in [-0.39, 0.29) is 22.2 Å². The lowest BCUT2D eigenvalue weighted by Crippen LogP contribution is -2.25. The average molecular weight is 344 g/mol. The van der Waals surface area contributed by atoms with Gasteiger partial charge in [0, 0.05) is 18.3 Å². The van der Waals surface area contributed by atoms with E-state index in [1.807, 2.05) is 6.92 Å². The van der Waals surface area contributed by atoms with Crippen molar-refractivity contribution in [1.82, 2.24) is 19.5 Å². The number of nitrogens with two attached hydrogens (primary N) is 1. The van der Waals surface area contributed by atoms with Crippen LogP contribution >= 0.6 is 23.2 Å². The van der Waals surface area contributed by atoms with E-state index >= 15 is 0 Å². The molecule has 0 radical (unpaired) electrons. The van der Waals surface area contributed by atoms with Gasteiger partial charge in [-0.25, -0.2) is 19.7 Å². The Bertz CT molecular complexity index is 715. The molecule has 0 fully saturated rings. The zero-order chi connectivity index (χ0) is 16.4. The summed E-state index contributed by atoms with van der Waals surface area (Å²) in [6, 6.07) is -0.227. The highest BCUT2D eigenvalue weighted by Gasteiger charge is 2.24. The summed E-state index contributed by atoms with van der Waals surface area (Å²) in [5, 5.41) is 9.63. The third-order valence-electron chi connectivity index (χ3n) is 3.01. The summed E-state index contributed by atoms with van der Waals surface area (Å²) >= 11 is 11.9. The van der Waals surface area contributed by atoms with Gasteiger partial charge < -0.3 is 15.4 Å². The number of carbonyl (C=O) groups is 1. The molecule has 0 aliphatic carbocycles. The van der Waals surface area contributed by atoms with Crippen LogP contribution in [0.3, 0.4) is 0 Å². The van der Waals surface area contributed by atoms with Crippen molar-refractivity contribution < 1.29 is 9.90 Å². The molecule has 2 rings (SSSR count). The van der Waals surface area contributed by atoms with Crippen LogP contribution in [0.25, 0.3) is 11.4 Å². The summed E-state index contributed by atoms with van der Waals surface area (Å²) in [5.74, 6) is -1.24. The van der Waals surface area contributed by atoms with Crippen molar-refractivity contribution in [3.8, 4) is 11.4 Å². The molecule has 9 heteroatoms. The van der Waals surface area contributed by atoms with Crippen molar-refractivity contribution >= 4 is 29.2 Å². The largest absolute Gasteiger partial charge is 0.475 e. The number of rotatable bonds is 5. The number of hydrogen-bond donors (Lipinski definition) is 2. The molecule has 0 amide bonds. The van der Waals surface area contributed by atoms with E-state index in [1.165, 1.54) is 6.20 Å². The van der Waals surface area contributed by atoms with E-state index in [2.05, 4.69) is 15.0 Å². The summed E-state index contributed by atoms with van der Waals surface area (Å²) in [7, 11) is 0. The molecular weight excluding hydrogens is 329 g/mol. The Labute approximate surface area is 137 Å². The number of carboxylic acid groups (broad SMARTS) is 1. The third-order valence-corrected chi connectivity index (χ3v) is 3.47. The highest BCUT2D eigenvalue weighted by Crippen LogP contribution is 2.29. The lowest BCUT2D eigenvalue weighted by atomic mass is 10.2. The third kappa shape index (κ3) is 3.21. The first-order chi connectivity index (χ1) is 10.3. The number of nitrogens with zero attached hydrogens (tertiary/aromatic N) is 4. The summed E-state index contributed by atoms with van der Waals surface area (Å²) in [6.45, 7) is 4.01. The van der Waals surface area contributed by atoms with E-state index in [0.29, 0.717) is 30.0 Å². The number of imidazole rings is 1. The number of aromatic nitrogens is 4. The molecule has 3 N–H and O–H groups in total. The van der Waals surface area contributed by atoms with E-state index in [4.69, 9.17) is 28.9 Å². The first-order valence-corrected chi connectivity index (χ1v) is 7.37. The molecule has 1 unspecified atom stereocenters. The summed E-state index contributed by atoms with van der Waals surface area (Å²) in [6.07, 6.45) is 1.90. The standard InChI is InChI=1S/C13H15Cl2N5O2/c1-3-8-10(9-7(14)4-17-13(15)19-9)18-11(12(21)22)20(8)5-6(2)16/h4,6H,3,5,16H2,1-2H3,(H,21,22). The minimum Gasteiger partial charge on any atom is -0.475 e.